The fourth-order valence-electron chi connectivity index (χ4n) is 2.42. The second-order valence-electron chi connectivity index (χ2n) is 7.27. The highest BCUT2D eigenvalue weighted by Crippen LogP contribution is 2.22. The molecule has 0 radical (unpaired) electrons. The lowest BCUT2D eigenvalue weighted by molar-refractivity contribution is -0.121. The number of carbonyl (C=O) groups excluding carboxylic acids is 2. The molecule has 2 aromatic carbocycles. The summed E-state index contributed by atoms with van der Waals surface area (Å²) < 4.78 is 0. The van der Waals surface area contributed by atoms with Gasteiger partial charge in [0.25, 0.3) is 5.91 Å². The first kappa shape index (κ1) is 20.6. The zero-order valence-corrected chi connectivity index (χ0v) is 16.7. The summed E-state index contributed by atoms with van der Waals surface area (Å²) in [6, 6.07) is 17.1. The van der Waals surface area contributed by atoms with Crippen LogP contribution in [0.25, 0.3) is 0 Å². The highest BCUT2D eigenvalue weighted by Gasteiger charge is 2.14. The molecule has 0 bridgehead atoms. The van der Waals surface area contributed by atoms with Crippen molar-refractivity contribution < 1.29 is 9.59 Å². The molecule has 0 aliphatic heterocycles. The molecule has 27 heavy (non-hydrogen) atoms. The van der Waals surface area contributed by atoms with Crippen molar-refractivity contribution in [2.75, 3.05) is 0 Å². The smallest absolute Gasteiger partial charge is 0.257 e. The van der Waals surface area contributed by atoms with Crippen LogP contribution in [0, 0.1) is 0 Å². The van der Waals surface area contributed by atoms with Crippen LogP contribution in [0.2, 0.25) is 0 Å². The Hall–Kier alpha value is -2.73. The van der Waals surface area contributed by atoms with Gasteiger partial charge < -0.3 is 0 Å². The van der Waals surface area contributed by atoms with Gasteiger partial charge in [0.05, 0.1) is 0 Å². The summed E-state index contributed by atoms with van der Waals surface area (Å²) in [6.45, 7) is 6.34. The fourth-order valence-corrected chi connectivity index (χ4v) is 2.56. The van der Waals surface area contributed by atoms with Gasteiger partial charge >= 0.3 is 0 Å². The summed E-state index contributed by atoms with van der Waals surface area (Å²) in [5.41, 5.74) is 7.80. The number of nitrogens with one attached hydrogen (secondary N) is 3. The van der Waals surface area contributed by atoms with Gasteiger partial charge in [-0.05, 0) is 47.3 Å². The topological polar surface area (TPSA) is 70.2 Å². The van der Waals surface area contributed by atoms with Crippen molar-refractivity contribution in [3.05, 3.63) is 71.3 Å². The van der Waals surface area contributed by atoms with Crippen molar-refractivity contribution in [2.24, 2.45) is 0 Å². The van der Waals surface area contributed by atoms with Crippen LogP contribution in [0.3, 0.4) is 0 Å². The summed E-state index contributed by atoms with van der Waals surface area (Å²) >= 11 is 5.05. The zero-order chi connectivity index (χ0) is 19.9. The Labute approximate surface area is 165 Å². The summed E-state index contributed by atoms with van der Waals surface area (Å²) in [7, 11) is 0. The summed E-state index contributed by atoms with van der Waals surface area (Å²) in [5, 5.41) is 2.60. The van der Waals surface area contributed by atoms with Crippen LogP contribution in [-0.2, 0) is 16.6 Å². The van der Waals surface area contributed by atoms with Crippen LogP contribution in [0.1, 0.15) is 48.7 Å². The Morgan fingerprint density at radius 3 is 2.15 bits per heavy atom. The van der Waals surface area contributed by atoms with E-state index in [1.54, 1.807) is 12.1 Å². The Morgan fingerprint density at radius 2 is 1.56 bits per heavy atom. The maximum absolute atomic E-state index is 12.2. The molecule has 0 fully saturated rings. The number of hydrazine groups is 1. The molecule has 2 rings (SSSR count). The molecule has 0 aliphatic rings. The minimum absolute atomic E-state index is 0.0237. The van der Waals surface area contributed by atoms with E-state index in [0.717, 1.165) is 11.1 Å². The van der Waals surface area contributed by atoms with Crippen molar-refractivity contribution in [1.82, 2.24) is 16.2 Å². The third-order valence-corrected chi connectivity index (χ3v) is 4.24. The first-order valence-electron chi connectivity index (χ1n) is 8.80. The van der Waals surface area contributed by atoms with Crippen molar-refractivity contribution in [3.8, 4) is 0 Å². The predicted molar refractivity (Wildman–Crippen MR) is 111 cm³/mol. The minimum atomic E-state index is -0.327. The van der Waals surface area contributed by atoms with Crippen molar-refractivity contribution >= 4 is 29.1 Å². The largest absolute Gasteiger partial charge is 0.298 e. The number of amides is 2. The Bertz CT molecular complexity index is 796. The molecule has 2 aromatic rings. The van der Waals surface area contributed by atoms with Gasteiger partial charge in [-0.3, -0.25) is 25.8 Å². The first-order valence-corrected chi connectivity index (χ1v) is 9.21. The molecule has 0 saturated carbocycles. The van der Waals surface area contributed by atoms with Crippen LogP contribution >= 0.6 is 12.2 Å². The van der Waals surface area contributed by atoms with Gasteiger partial charge in [-0.15, -0.1) is 0 Å². The quantitative estimate of drug-likeness (QED) is 0.560. The fraction of sp³-hybridized carbons (Fsp3) is 0.286. The molecule has 0 heterocycles. The lowest BCUT2D eigenvalue weighted by Gasteiger charge is -2.19. The number of carbonyl (C=O) groups is 2. The highest BCUT2D eigenvalue weighted by molar-refractivity contribution is 7.80. The van der Waals surface area contributed by atoms with Crippen LogP contribution in [0.4, 0.5) is 0 Å². The molecule has 0 saturated heterocycles. The van der Waals surface area contributed by atoms with E-state index in [4.69, 9.17) is 12.2 Å². The number of hydrogen-bond acceptors (Lipinski definition) is 3. The van der Waals surface area contributed by atoms with Gasteiger partial charge in [-0.2, -0.15) is 0 Å². The number of benzene rings is 2. The van der Waals surface area contributed by atoms with E-state index in [0.29, 0.717) is 18.4 Å². The molecule has 0 aromatic heterocycles. The van der Waals surface area contributed by atoms with E-state index in [2.05, 4.69) is 36.9 Å². The SMILES string of the molecule is CC(C)(C)c1ccc(C(=O)NC(=S)NNC(=O)CCc2ccccc2)cc1. The third-order valence-electron chi connectivity index (χ3n) is 4.04. The van der Waals surface area contributed by atoms with E-state index in [-0.39, 0.29) is 22.3 Å². The molecule has 2 amide bonds. The van der Waals surface area contributed by atoms with Crippen molar-refractivity contribution in [3.63, 3.8) is 0 Å². The van der Waals surface area contributed by atoms with Gasteiger partial charge in [0, 0.05) is 12.0 Å². The van der Waals surface area contributed by atoms with Crippen LogP contribution in [0.15, 0.2) is 54.6 Å². The average Bonchev–Trinajstić information content (AvgIpc) is 2.65. The molecule has 0 unspecified atom stereocenters. The van der Waals surface area contributed by atoms with Gasteiger partial charge in [0.15, 0.2) is 5.11 Å². The van der Waals surface area contributed by atoms with Crippen LogP contribution in [-0.4, -0.2) is 16.9 Å². The molecular formula is C21H25N3O2S. The van der Waals surface area contributed by atoms with E-state index in [1.807, 2.05) is 42.5 Å². The van der Waals surface area contributed by atoms with E-state index < -0.39 is 0 Å². The molecule has 3 N–H and O–H groups in total. The van der Waals surface area contributed by atoms with E-state index in [9.17, 15) is 9.59 Å². The number of rotatable bonds is 4. The van der Waals surface area contributed by atoms with E-state index in [1.165, 1.54) is 0 Å². The number of aryl methyl sites for hydroxylation is 1. The molecule has 142 valence electrons. The molecule has 0 spiro atoms. The highest BCUT2D eigenvalue weighted by atomic mass is 32.1. The Morgan fingerprint density at radius 1 is 0.926 bits per heavy atom. The molecule has 0 aliphatic carbocycles. The van der Waals surface area contributed by atoms with Gasteiger partial charge in [-0.25, -0.2) is 0 Å². The monoisotopic (exact) mass is 383 g/mol. The molecule has 6 heteroatoms. The van der Waals surface area contributed by atoms with Crippen LogP contribution < -0.4 is 16.2 Å². The van der Waals surface area contributed by atoms with Gasteiger partial charge in [-0.1, -0.05) is 63.2 Å². The summed E-state index contributed by atoms with van der Waals surface area (Å²) in [5.74, 6) is -0.531. The zero-order valence-electron chi connectivity index (χ0n) is 15.8. The predicted octanol–water partition coefficient (Wildman–Crippen LogP) is 3.25. The first-order chi connectivity index (χ1) is 12.8. The van der Waals surface area contributed by atoms with Gasteiger partial charge in [0.1, 0.15) is 0 Å². The summed E-state index contributed by atoms with van der Waals surface area (Å²) in [4.78, 5) is 24.1. The summed E-state index contributed by atoms with van der Waals surface area (Å²) in [6.07, 6.45) is 0.954. The number of thiocarbonyl (C=S) groups is 1. The standard InChI is InChI=1S/C21H25N3O2S/c1-21(2,3)17-12-10-16(11-13-17)19(26)22-20(27)24-23-18(25)14-9-15-7-5-4-6-8-15/h4-8,10-13H,9,14H2,1-3H3,(H,23,25)(H2,22,24,26,27). The maximum Gasteiger partial charge on any atom is 0.257 e. The second kappa shape index (κ2) is 9.28. The third kappa shape index (κ3) is 6.83. The minimum Gasteiger partial charge on any atom is -0.298 e. The number of hydrogen-bond donors (Lipinski definition) is 3. The molecule has 5 nitrogen and oxygen atoms in total. The van der Waals surface area contributed by atoms with Crippen LogP contribution in [0.5, 0.6) is 0 Å². The van der Waals surface area contributed by atoms with E-state index >= 15 is 0 Å². The average molecular weight is 384 g/mol. The lowest BCUT2D eigenvalue weighted by Crippen LogP contribution is -2.48. The lowest BCUT2D eigenvalue weighted by atomic mass is 9.87. The Kier molecular flexibility index (Phi) is 7.07. The maximum atomic E-state index is 12.2. The van der Waals surface area contributed by atoms with Crippen molar-refractivity contribution in [1.29, 1.82) is 0 Å². The molecule has 0 atom stereocenters. The molecular weight excluding hydrogens is 358 g/mol. The van der Waals surface area contributed by atoms with Crippen molar-refractivity contribution in [2.45, 2.75) is 39.0 Å². The van der Waals surface area contributed by atoms with Gasteiger partial charge in [0.2, 0.25) is 5.91 Å². The normalized spacial score (nSPS) is 10.8. The second-order valence-corrected chi connectivity index (χ2v) is 7.68. The Balaban J connectivity index is 1.76.